The average molecular weight is 476 g/mol. The smallest absolute Gasteiger partial charge is 0.353 e. The van der Waals surface area contributed by atoms with Crippen molar-refractivity contribution in [1.29, 1.82) is 0 Å². The van der Waals surface area contributed by atoms with Gasteiger partial charge in [0, 0.05) is 29.6 Å². The molecule has 2 aromatic carbocycles. The summed E-state index contributed by atoms with van der Waals surface area (Å²) in [6.45, 7) is 0.182. The van der Waals surface area contributed by atoms with E-state index in [9.17, 15) is 0 Å². The fourth-order valence-corrected chi connectivity index (χ4v) is 3.34. The highest BCUT2D eigenvalue weighted by Crippen LogP contribution is 2.34. The van der Waals surface area contributed by atoms with Gasteiger partial charge in [0.05, 0.1) is 16.4 Å². The fourth-order valence-electron chi connectivity index (χ4n) is 2.42. The van der Waals surface area contributed by atoms with Crippen LogP contribution in [0.1, 0.15) is 22.7 Å². The molecule has 3 rings (SSSR count). The van der Waals surface area contributed by atoms with E-state index in [2.05, 4.69) is 4.98 Å². The lowest BCUT2D eigenvalue weighted by Gasteiger charge is -2.25. The number of hydrogen-bond donors (Lipinski definition) is 0. The molecule has 1 heterocycles. The summed E-state index contributed by atoms with van der Waals surface area (Å²) in [4.78, 5) is 4.02. The summed E-state index contributed by atoms with van der Waals surface area (Å²) in [5.74, 6) is 0. The van der Waals surface area contributed by atoms with Gasteiger partial charge in [0.2, 0.25) is 0 Å². The van der Waals surface area contributed by atoms with Gasteiger partial charge >= 0.3 is 5.24 Å². The lowest BCUT2D eigenvalue weighted by atomic mass is 10.1. The molecule has 0 aliphatic heterocycles. The van der Waals surface area contributed by atoms with Gasteiger partial charge in [-0.2, -0.15) is 0 Å². The first-order chi connectivity index (χ1) is 13.4. The molecule has 1 aromatic heterocycles. The fraction of sp³-hybridized carbons (Fsp3) is 0.158. The van der Waals surface area contributed by atoms with E-state index in [0.29, 0.717) is 15.1 Å². The number of thiocarbonyl (C=S) groups is 1. The van der Waals surface area contributed by atoms with Gasteiger partial charge in [0.25, 0.3) is 0 Å². The Hall–Kier alpha value is -1.50. The van der Waals surface area contributed by atoms with E-state index in [4.69, 9.17) is 68.1 Å². The minimum absolute atomic E-state index is 0.0446. The number of aromatic nitrogens is 2. The molecule has 2 unspecified atom stereocenters. The molecule has 4 nitrogen and oxygen atoms in total. The number of rotatable bonds is 6. The maximum Gasteiger partial charge on any atom is 0.353 e. The zero-order valence-electron chi connectivity index (χ0n) is 14.3. The van der Waals surface area contributed by atoms with Gasteiger partial charge < -0.3 is 14.0 Å². The minimum Gasteiger partial charge on any atom is -0.452 e. The highest BCUT2D eigenvalue weighted by atomic mass is 35.5. The maximum absolute atomic E-state index is 6.61. The second kappa shape index (κ2) is 9.81. The quantitative estimate of drug-likeness (QED) is 0.288. The first kappa shape index (κ1) is 21.2. The Labute approximate surface area is 187 Å². The molecule has 0 bridgehead atoms. The van der Waals surface area contributed by atoms with Crippen molar-refractivity contribution < 1.29 is 9.47 Å². The van der Waals surface area contributed by atoms with Crippen molar-refractivity contribution in [2.24, 2.45) is 0 Å². The first-order valence-corrected chi connectivity index (χ1v) is 10.1. The molecular weight excluding hydrogens is 462 g/mol. The maximum atomic E-state index is 6.61. The van der Waals surface area contributed by atoms with Crippen LogP contribution in [0.15, 0.2) is 61.2 Å². The average Bonchev–Trinajstić information content (AvgIpc) is 3.22. The molecule has 28 heavy (non-hydrogen) atoms. The number of benzene rings is 2. The van der Waals surface area contributed by atoms with Crippen LogP contribution < -0.4 is 0 Å². The van der Waals surface area contributed by atoms with E-state index in [1.807, 2.05) is 12.1 Å². The van der Waals surface area contributed by atoms with Crippen LogP contribution in [-0.2, 0) is 16.1 Å². The number of alkyl halides is 1. The number of hydrogen-bond acceptors (Lipinski definition) is 4. The molecule has 0 aliphatic carbocycles. The van der Waals surface area contributed by atoms with Gasteiger partial charge in [0.15, 0.2) is 11.6 Å². The van der Waals surface area contributed by atoms with E-state index < -0.39 is 11.6 Å². The Balaban J connectivity index is 1.72. The molecule has 0 radical (unpaired) electrons. The van der Waals surface area contributed by atoms with Crippen molar-refractivity contribution in [3.05, 3.63) is 87.4 Å². The van der Waals surface area contributed by atoms with Crippen LogP contribution in [0.2, 0.25) is 15.1 Å². The first-order valence-electron chi connectivity index (χ1n) is 8.08. The van der Waals surface area contributed by atoms with Crippen molar-refractivity contribution in [1.82, 2.24) is 9.55 Å². The Morgan fingerprint density at radius 1 is 1.07 bits per heavy atom. The minimum atomic E-state index is -0.616. The molecule has 146 valence electrons. The summed E-state index contributed by atoms with van der Waals surface area (Å²) >= 11 is 29.8. The van der Waals surface area contributed by atoms with Crippen molar-refractivity contribution in [3.63, 3.8) is 0 Å². The van der Waals surface area contributed by atoms with Crippen LogP contribution >= 0.6 is 58.6 Å². The number of nitrogens with zero attached hydrogens (tertiary/aromatic N) is 2. The Kier molecular flexibility index (Phi) is 7.43. The van der Waals surface area contributed by atoms with E-state index in [1.165, 1.54) is 0 Å². The van der Waals surface area contributed by atoms with Crippen LogP contribution in [0.25, 0.3) is 0 Å². The van der Waals surface area contributed by atoms with Crippen molar-refractivity contribution >= 4 is 63.9 Å². The Morgan fingerprint density at radius 2 is 1.82 bits per heavy atom. The standard InChI is InChI=1S/C19H14Cl4N2O2S/c20-14-4-2-13(3-5-14)17(18(23)25-8-7-24-11-25)27-19(28)26-10-12-1-6-15(21)16(22)9-12/h1-9,11,17-18H,10H2. The molecule has 3 aromatic rings. The van der Waals surface area contributed by atoms with Gasteiger partial charge in [-0.25, -0.2) is 4.98 Å². The summed E-state index contributed by atoms with van der Waals surface area (Å²) in [5, 5.41) is 1.47. The molecule has 9 heteroatoms. The van der Waals surface area contributed by atoms with Crippen molar-refractivity contribution in [3.8, 4) is 0 Å². The molecule has 0 saturated heterocycles. The SMILES string of the molecule is S=C(OCc1ccc(Cl)c(Cl)c1)OC(c1ccc(Cl)cc1)C(Cl)n1ccnc1. The van der Waals surface area contributed by atoms with Gasteiger partial charge in [0.1, 0.15) is 6.61 Å². The normalized spacial score (nSPS) is 13.0. The highest BCUT2D eigenvalue weighted by Gasteiger charge is 2.26. The predicted octanol–water partition coefficient (Wildman–Crippen LogP) is 6.84. The molecule has 0 N–H and O–H groups in total. The second-order valence-corrected chi connectivity index (χ2v) is 7.79. The molecule has 0 fully saturated rings. The van der Waals surface area contributed by atoms with E-state index in [0.717, 1.165) is 11.1 Å². The van der Waals surface area contributed by atoms with Gasteiger partial charge in [-0.3, -0.25) is 0 Å². The highest BCUT2D eigenvalue weighted by molar-refractivity contribution is 7.79. The molecule has 0 saturated carbocycles. The molecule has 0 aliphatic rings. The van der Waals surface area contributed by atoms with Crippen molar-refractivity contribution in [2.75, 3.05) is 0 Å². The summed E-state index contributed by atoms with van der Waals surface area (Å²) in [6.07, 6.45) is 4.36. The third-order valence-corrected chi connectivity index (χ3v) is 5.48. The van der Waals surface area contributed by atoms with Crippen LogP contribution in [0.3, 0.4) is 0 Å². The van der Waals surface area contributed by atoms with Crippen LogP contribution in [0.5, 0.6) is 0 Å². The number of imidazole rings is 1. The predicted molar refractivity (Wildman–Crippen MR) is 116 cm³/mol. The molecule has 0 amide bonds. The summed E-state index contributed by atoms with van der Waals surface area (Å²) in [5.41, 5.74) is 0.995. The summed E-state index contributed by atoms with van der Waals surface area (Å²) in [7, 11) is 0. The lowest BCUT2D eigenvalue weighted by molar-refractivity contribution is 0.0970. The van der Waals surface area contributed by atoms with Gasteiger partial charge in [-0.15, -0.1) is 0 Å². The summed E-state index contributed by atoms with van der Waals surface area (Å²) < 4.78 is 13.1. The molecule has 2 atom stereocenters. The Morgan fingerprint density at radius 3 is 2.46 bits per heavy atom. The van der Waals surface area contributed by atoms with Gasteiger partial charge in [-0.05, 0) is 35.4 Å². The zero-order chi connectivity index (χ0) is 20.1. The van der Waals surface area contributed by atoms with Crippen LogP contribution in [-0.4, -0.2) is 14.8 Å². The topological polar surface area (TPSA) is 36.3 Å². The molecule has 0 spiro atoms. The van der Waals surface area contributed by atoms with E-state index in [1.54, 1.807) is 53.6 Å². The molecular formula is C19H14Cl4N2O2S. The number of halogens is 4. The zero-order valence-corrected chi connectivity index (χ0v) is 18.1. The van der Waals surface area contributed by atoms with E-state index >= 15 is 0 Å². The summed E-state index contributed by atoms with van der Waals surface area (Å²) in [6, 6.07) is 12.3. The third kappa shape index (κ3) is 5.52. The third-order valence-electron chi connectivity index (χ3n) is 3.82. The van der Waals surface area contributed by atoms with Crippen LogP contribution in [0, 0.1) is 0 Å². The number of ether oxygens (including phenoxy) is 2. The van der Waals surface area contributed by atoms with Crippen LogP contribution in [0.4, 0.5) is 0 Å². The second-order valence-electron chi connectivity index (χ2n) is 5.76. The largest absolute Gasteiger partial charge is 0.452 e. The van der Waals surface area contributed by atoms with E-state index in [-0.39, 0.29) is 11.8 Å². The van der Waals surface area contributed by atoms with Gasteiger partial charge in [-0.1, -0.05) is 64.6 Å². The lowest BCUT2D eigenvalue weighted by Crippen LogP contribution is -2.19. The monoisotopic (exact) mass is 474 g/mol. The van der Waals surface area contributed by atoms with Crippen molar-refractivity contribution in [2.45, 2.75) is 18.2 Å². The Bertz CT molecular complexity index is 936.